The normalized spacial score (nSPS) is 18.9. The van der Waals surface area contributed by atoms with Crippen LogP contribution in [0, 0.1) is 0 Å². The van der Waals surface area contributed by atoms with Crippen LogP contribution in [0.4, 0.5) is 0 Å². The Kier molecular flexibility index (Phi) is 2.14. The van der Waals surface area contributed by atoms with Crippen LogP contribution in [0.25, 0.3) is 0 Å². The molecule has 5 heteroatoms. The molecule has 1 heterocycles. The Morgan fingerprint density at radius 3 is 2.92 bits per heavy atom. The monoisotopic (exact) mass is 165 g/mol. The summed E-state index contributed by atoms with van der Waals surface area (Å²) in [5.74, 6) is 0.779. The van der Waals surface area contributed by atoms with Gasteiger partial charge in [0.15, 0.2) is 5.84 Å². The van der Waals surface area contributed by atoms with Crippen LogP contribution in [0.5, 0.6) is 0 Å². The summed E-state index contributed by atoms with van der Waals surface area (Å²) in [5.41, 5.74) is 11.3. The van der Waals surface area contributed by atoms with E-state index in [1.165, 1.54) is 6.20 Å². The van der Waals surface area contributed by atoms with Crippen molar-refractivity contribution >= 4 is 12.2 Å². The molecule has 1 rings (SSSR count). The molecule has 0 spiro atoms. The summed E-state index contributed by atoms with van der Waals surface area (Å²) in [6, 6.07) is 0. The molecule has 0 radical (unpaired) electrons. The number of amidine groups is 1. The summed E-state index contributed by atoms with van der Waals surface area (Å²) in [6.07, 6.45) is 3.01. The molecule has 1 aliphatic heterocycles. The molecular formula is C7H11N5. The van der Waals surface area contributed by atoms with Crippen LogP contribution in [-0.4, -0.2) is 24.1 Å². The zero-order chi connectivity index (χ0) is 9.14. The molecule has 0 atom stereocenters. The molecule has 0 saturated carbocycles. The molecule has 1 aliphatic rings. The summed E-state index contributed by atoms with van der Waals surface area (Å²) in [7, 11) is 1.81. The summed E-state index contributed by atoms with van der Waals surface area (Å²) < 4.78 is 0. The third-order valence-corrected chi connectivity index (χ3v) is 1.39. The van der Waals surface area contributed by atoms with Crippen molar-refractivity contribution in [3.8, 4) is 0 Å². The largest absolute Gasteiger partial charge is 0.384 e. The highest BCUT2D eigenvalue weighted by atomic mass is 15.2. The van der Waals surface area contributed by atoms with Gasteiger partial charge in [-0.05, 0) is 0 Å². The minimum absolute atomic E-state index is 0.163. The lowest BCUT2D eigenvalue weighted by Crippen LogP contribution is -2.23. The molecule has 0 aromatic heterocycles. The van der Waals surface area contributed by atoms with Crippen molar-refractivity contribution in [2.24, 2.45) is 21.5 Å². The van der Waals surface area contributed by atoms with Gasteiger partial charge in [0.1, 0.15) is 11.5 Å². The van der Waals surface area contributed by atoms with Crippen LogP contribution in [0.15, 0.2) is 34.3 Å². The Hall–Kier alpha value is -1.78. The third kappa shape index (κ3) is 1.29. The molecule has 5 nitrogen and oxygen atoms in total. The Morgan fingerprint density at radius 2 is 2.42 bits per heavy atom. The predicted molar refractivity (Wildman–Crippen MR) is 49.3 cm³/mol. The standard InChI is InChI=1S/C7H11N5/c1-3-10-7-5(6(8)9)11-4-12(7)2/h3-4H,1,8-9H2,2H3/b10-7+. The van der Waals surface area contributed by atoms with Crippen molar-refractivity contribution in [2.75, 3.05) is 7.05 Å². The van der Waals surface area contributed by atoms with E-state index < -0.39 is 0 Å². The van der Waals surface area contributed by atoms with Gasteiger partial charge in [-0.1, -0.05) is 6.58 Å². The lowest BCUT2D eigenvalue weighted by Gasteiger charge is -2.07. The van der Waals surface area contributed by atoms with Crippen LogP contribution >= 0.6 is 0 Å². The molecule has 0 amide bonds. The van der Waals surface area contributed by atoms with Gasteiger partial charge in [0.2, 0.25) is 0 Å². The number of hydrogen-bond acceptors (Lipinski definition) is 4. The van der Waals surface area contributed by atoms with E-state index in [1.54, 1.807) is 11.2 Å². The fourth-order valence-corrected chi connectivity index (χ4v) is 0.866. The van der Waals surface area contributed by atoms with Crippen molar-refractivity contribution in [1.82, 2.24) is 4.90 Å². The van der Waals surface area contributed by atoms with Crippen LogP contribution in [0.2, 0.25) is 0 Å². The van der Waals surface area contributed by atoms with Gasteiger partial charge in [0.05, 0.1) is 6.34 Å². The minimum Gasteiger partial charge on any atom is -0.384 e. The highest BCUT2D eigenvalue weighted by molar-refractivity contribution is 6.09. The maximum Gasteiger partial charge on any atom is 0.163 e. The van der Waals surface area contributed by atoms with Crippen molar-refractivity contribution in [3.05, 3.63) is 24.3 Å². The maximum absolute atomic E-state index is 5.38. The third-order valence-electron chi connectivity index (χ3n) is 1.39. The fraction of sp³-hybridized carbons (Fsp3) is 0.143. The summed E-state index contributed by atoms with van der Waals surface area (Å²) in [6.45, 7) is 3.48. The average molecular weight is 165 g/mol. The average Bonchev–Trinajstić information content (AvgIpc) is 2.34. The molecule has 12 heavy (non-hydrogen) atoms. The summed E-state index contributed by atoms with van der Waals surface area (Å²) >= 11 is 0. The van der Waals surface area contributed by atoms with E-state index in [-0.39, 0.29) is 5.82 Å². The molecule has 0 saturated heterocycles. The number of likely N-dealkylation sites (N-methyl/N-ethyl adjacent to an activating group) is 1. The first-order valence-corrected chi connectivity index (χ1v) is 3.38. The summed E-state index contributed by atoms with van der Waals surface area (Å²) in [5, 5.41) is 0. The van der Waals surface area contributed by atoms with Gasteiger partial charge in [-0.3, -0.25) is 0 Å². The Bertz CT molecular complexity index is 282. The Labute approximate surface area is 70.8 Å². The first-order valence-electron chi connectivity index (χ1n) is 3.38. The van der Waals surface area contributed by atoms with Crippen LogP contribution < -0.4 is 11.5 Å². The zero-order valence-electron chi connectivity index (χ0n) is 6.86. The van der Waals surface area contributed by atoms with Crippen LogP contribution in [0.3, 0.4) is 0 Å². The summed E-state index contributed by atoms with van der Waals surface area (Å²) in [4.78, 5) is 9.66. The highest BCUT2D eigenvalue weighted by Crippen LogP contribution is 2.10. The number of nitrogens with two attached hydrogens (primary N) is 2. The molecule has 0 bridgehead atoms. The molecule has 0 fully saturated rings. The van der Waals surface area contributed by atoms with Crippen molar-refractivity contribution in [1.29, 1.82) is 0 Å². The van der Waals surface area contributed by atoms with Gasteiger partial charge < -0.3 is 16.4 Å². The molecule has 4 N–H and O–H groups in total. The fourth-order valence-electron chi connectivity index (χ4n) is 0.866. The van der Waals surface area contributed by atoms with Crippen molar-refractivity contribution in [3.63, 3.8) is 0 Å². The van der Waals surface area contributed by atoms with E-state index in [1.807, 2.05) is 7.05 Å². The molecule has 0 unspecified atom stereocenters. The molecular weight excluding hydrogens is 154 g/mol. The smallest absolute Gasteiger partial charge is 0.163 e. The predicted octanol–water partition coefficient (Wildman–Crippen LogP) is -0.411. The Morgan fingerprint density at radius 1 is 1.75 bits per heavy atom. The van der Waals surface area contributed by atoms with E-state index in [0.717, 1.165) is 0 Å². The van der Waals surface area contributed by atoms with Gasteiger partial charge in [-0.15, -0.1) is 0 Å². The van der Waals surface area contributed by atoms with Gasteiger partial charge in [0.25, 0.3) is 0 Å². The van der Waals surface area contributed by atoms with E-state index in [0.29, 0.717) is 11.5 Å². The van der Waals surface area contributed by atoms with E-state index in [9.17, 15) is 0 Å². The van der Waals surface area contributed by atoms with E-state index in [4.69, 9.17) is 11.5 Å². The maximum atomic E-state index is 5.38. The van der Waals surface area contributed by atoms with E-state index >= 15 is 0 Å². The van der Waals surface area contributed by atoms with Gasteiger partial charge in [-0.2, -0.15) is 0 Å². The van der Waals surface area contributed by atoms with Crippen LogP contribution in [0.1, 0.15) is 0 Å². The number of nitrogens with zero attached hydrogens (tertiary/aromatic N) is 3. The molecule has 0 aliphatic carbocycles. The van der Waals surface area contributed by atoms with Gasteiger partial charge in [-0.25, -0.2) is 9.98 Å². The second-order valence-electron chi connectivity index (χ2n) is 2.29. The quantitative estimate of drug-likeness (QED) is 0.554. The molecule has 0 aromatic rings. The number of rotatable bonds is 1. The highest BCUT2D eigenvalue weighted by Gasteiger charge is 2.17. The van der Waals surface area contributed by atoms with Crippen molar-refractivity contribution < 1.29 is 0 Å². The van der Waals surface area contributed by atoms with E-state index in [2.05, 4.69) is 16.6 Å². The SMILES string of the molecule is C=C/N=C1\C(=C(N)N)N=CN1C. The second-order valence-corrected chi connectivity index (χ2v) is 2.29. The minimum atomic E-state index is 0.163. The number of aliphatic imine (C=N–C) groups is 2. The van der Waals surface area contributed by atoms with Crippen molar-refractivity contribution in [2.45, 2.75) is 0 Å². The molecule has 0 aromatic carbocycles. The lowest BCUT2D eigenvalue weighted by atomic mass is 10.4. The van der Waals surface area contributed by atoms with Gasteiger partial charge >= 0.3 is 0 Å². The first kappa shape index (κ1) is 8.32. The Balaban J connectivity index is 3.08. The van der Waals surface area contributed by atoms with Crippen LogP contribution in [-0.2, 0) is 0 Å². The second kappa shape index (κ2) is 3.08. The zero-order valence-corrected chi connectivity index (χ0v) is 6.86. The topological polar surface area (TPSA) is 80.0 Å². The van der Waals surface area contributed by atoms with Gasteiger partial charge in [0, 0.05) is 13.2 Å². The molecule has 64 valence electrons. The lowest BCUT2D eigenvalue weighted by molar-refractivity contribution is 0.795. The first-order chi connectivity index (χ1) is 5.66. The number of hydrogen-bond donors (Lipinski definition) is 2.